The van der Waals surface area contributed by atoms with Crippen molar-refractivity contribution in [2.24, 2.45) is 5.73 Å². The molecule has 1 aromatic carbocycles. The maximum absolute atomic E-state index is 5.77. The van der Waals surface area contributed by atoms with E-state index in [2.05, 4.69) is 26.0 Å². The van der Waals surface area contributed by atoms with E-state index < -0.39 is 0 Å². The second kappa shape index (κ2) is 6.59. The number of rotatable bonds is 6. The maximum Gasteiger partial charge on any atom is 0.0949 e. The van der Waals surface area contributed by atoms with Crippen LogP contribution < -0.4 is 5.73 Å². The molecular weight excluding hydrogens is 186 g/mol. The van der Waals surface area contributed by atoms with Gasteiger partial charge in [0.15, 0.2) is 0 Å². The summed E-state index contributed by atoms with van der Waals surface area (Å²) in [5.74, 6) is 0. The monoisotopic (exact) mass is 207 g/mol. The van der Waals surface area contributed by atoms with Gasteiger partial charge in [0.05, 0.1) is 6.10 Å². The lowest BCUT2D eigenvalue weighted by atomic mass is 10.0. The number of nitrogens with two attached hydrogens (primary N) is 1. The van der Waals surface area contributed by atoms with Crippen molar-refractivity contribution in [2.45, 2.75) is 32.8 Å². The van der Waals surface area contributed by atoms with Gasteiger partial charge in [-0.1, -0.05) is 37.6 Å². The highest BCUT2D eigenvalue weighted by atomic mass is 16.5. The molecule has 1 aromatic rings. The molecule has 2 heteroatoms. The molecule has 0 saturated carbocycles. The second-order valence-electron chi connectivity index (χ2n) is 3.81. The molecule has 1 atom stereocenters. The highest BCUT2D eigenvalue weighted by Crippen LogP contribution is 2.20. The van der Waals surface area contributed by atoms with Crippen molar-refractivity contribution in [3.63, 3.8) is 0 Å². The summed E-state index contributed by atoms with van der Waals surface area (Å²) < 4.78 is 5.77. The lowest BCUT2D eigenvalue weighted by Gasteiger charge is -2.18. The van der Waals surface area contributed by atoms with Crippen molar-refractivity contribution in [1.82, 2.24) is 0 Å². The Hall–Kier alpha value is -0.860. The van der Waals surface area contributed by atoms with Gasteiger partial charge in [-0.05, 0) is 24.5 Å². The first kappa shape index (κ1) is 12.2. The van der Waals surface area contributed by atoms with Crippen molar-refractivity contribution in [2.75, 3.05) is 13.2 Å². The van der Waals surface area contributed by atoms with Gasteiger partial charge in [0.25, 0.3) is 0 Å². The summed E-state index contributed by atoms with van der Waals surface area (Å²) in [4.78, 5) is 0. The molecule has 0 aliphatic heterocycles. The summed E-state index contributed by atoms with van der Waals surface area (Å²) in [6.07, 6.45) is 2.31. The smallest absolute Gasteiger partial charge is 0.0949 e. The zero-order chi connectivity index (χ0) is 11.1. The van der Waals surface area contributed by atoms with Crippen LogP contribution in [0.15, 0.2) is 24.3 Å². The van der Waals surface area contributed by atoms with Crippen molar-refractivity contribution >= 4 is 0 Å². The summed E-state index contributed by atoms with van der Waals surface area (Å²) in [5, 5.41) is 0. The molecule has 0 spiro atoms. The Morgan fingerprint density at radius 2 is 2.07 bits per heavy atom. The Morgan fingerprint density at radius 1 is 1.33 bits per heavy atom. The van der Waals surface area contributed by atoms with E-state index in [1.54, 1.807) is 0 Å². The molecule has 0 fully saturated rings. The zero-order valence-corrected chi connectivity index (χ0v) is 9.70. The molecule has 0 amide bonds. The minimum absolute atomic E-state index is 0.0535. The van der Waals surface area contributed by atoms with Crippen LogP contribution in [0, 0.1) is 6.92 Å². The molecule has 0 radical (unpaired) electrons. The number of unbranched alkanes of at least 4 members (excludes halogenated alkanes) is 1. The van der Waals surface area contributed by atoms with Crippen LogP contribution in [0.25, 0.3) is 0 Å². The van der Waals surface area contributed by atoms with Crippen LogP contribution in [0.1, 0.15) is 37.0 Å². The first-order valence-corrected chi connectivity index (χ1v) is 5.66. The first-order chi connectivity index (χ1) is 7.29. The largest absolute Gasteiger partial charge is 0.372 e. The van der Waals surface area contributed by atoms with E-state index in [1.807, 2.05) is 12.1 Å². The average molecular weight is 207 g/mol. The maximum atomic E-state index is 5.77. The van der Waals surface area contributed by atoms with Crippen LogP contribution in [-0.4, -0.2) is 13.2 Å². The number of benzene rings is 1. The van der Waals surface area contributed by atoms with E-state index in [9.17, 15) is 0 Å². The molecule has 84 valence electrons. The molecule has 0 aliphatic rings. The van der Waals surface area contributed by atoms with Crippen LogP contribution in [0.4, 0.5) is 0 Å². The molecule has 0 aromatic heterocycles. The average Bonchev–Trinajstić information content (AvgIpc) is 2.26. The van der Waals surface area contributed by atoms with Gasteiger partial charge in [0.1, 0.15) is 0 Å². The molecule has 2 nitrogen and oxygen atoms in total. The van der Waals surface area contributed by atoms with Gasteiger partial charge in [-0.25, -0.2) is 0 Å². The van der Waals surface area contributed by atoms with Crippen molar-refractivity contribution < 1.29 is 4.74 Å². The third-order valence-corrected chi connectivity index (χ3v) is 2.57. The van der Waals surface area contributed by atoms with Gasteiger partial charge < -0.3 is 10.5 Å². The second-order valence-corrected chi connectivity index (χ2v) is 3.81. The summed E-state index contributed by atoms with van der Waals surface area (Å²) in [7, 11) is 0. The van der Waals surface area contributed by atoms with Crippen LogP contribution in [0.3, 0.4) is 0 Å². The molecule has 0 bridgehead atoms. The highest BCUT2D eigenvalue weighted by Gasteiger charge is 2.11. The van der Waals surface area contributed by atoms with Gasteiger partial charge in [-0.2, -0.15) is 0 Å². The van der Waals surface area contributed by atoms with E-state index in [1.165, 1.54) is 11.1 Å². The number of hydrogen-bond donors (Lipinski definition) is 1. The Morgan fingerprint density at radius 3 is 2.67 bits per heavy atom. The molecule has 1 rings (SSSR count). The Labute approximate surface area is 92.4 Å². The van der Waals surface area contributed by atoms with E-state index in [4.69, 9.17) is 10.5 Å². The lowest BCUT2D eigenvalue weighted by molar-refractivity contribution is 0.0562. The Bertz CT molecular complexity index is 286. The SMILES string of the molecule is CCCCOC(CN)c1ccccc1C. The third-order valence-electron chi connectivity index (χ3n) is 2.57. The number of hydrogen-bond acceptors (Lipinski definition) is 2. The standard InChI is InChI=1S/C13H21NO/c1-3-4-9-15-13(10-14)12-8-6-5-7-11(12)2/h5-8,13H,3-4,9-10,14H2,1-2H3. The van der Waals surface area contributed by atoms with E-state index in [0.717, 1.165) is 19.4 Å². The van der Waals surface area contributed by atoms with Crippen LogP contribution in [0.5, 0.6) is 0 Å². The molecule has 0 saturated heterocycles. The predicted octanol–water partition coefficient (Wildman–Crippen LogP) is 2.81. The zero-order valence-electron chi connectivity index (χ0n) is 9.70. The quantitative estimate of drug-likeness (QED) is 0.728. The molecule has 2 N–H and O–H groups in total. The summed E-state index contributed by atoms with van der Waals surface area (Å²) >= 11 is 0. The third kappa shape index (κ3) is 3.65. The normalized spacial score (nSPS) is 12.7. The molecule has 0 heterocycles. The fourth-order valence-electron chi connectivity index (χ4n) is 1.60. The van der Waals surface area contributed by atoms with Crippen molar-refractivity contribution in [1.29, 1.82) is 0 Å². The van der Waals surface area contributed by atoms with E-state index >= 15 is 0 Å². The predicted molar refractivity (Wildman–Crippen MR) is 63.8 cm³/mol. The Kier molecular flexibility index (Phi) is 5.37. The van der Waals surface area contributed by atoms with Gasteiger partial charge in [0.2, 0.25) is 0 Å². The minimum atomic E-state index is 0.0535. The van der Waals surface area contributed by atoms with Crippen LogP contribution in [-0.2, 0) is 4.74 Å². The van der Waals surface area contributed by atoms with Crippen molar-refractivity contribution in [3.8, 4) is 0 Å². The summed E-state index contributed by atoms with van der Waals surface area (Å²) in [6.45, 7) is 5.61. The van der Waals surface area contributed by atoms with E-state index in [-0.39, 0.29) is 6.10 Å². The molecule has 0 aliphatic carbocycles. The summed E-state index contributed by atoms with van der Waals surface area (Å²) in [5.41, 5.74) is 8.20. The van der Waals surface area contributed by atoms with Gasteiger partial charge in [0, 0.05) is 13.2 Å². The number of aryl methyl sites for hydroxylation is 1. The minimum Gasteiger partial charge on any atom is -0.372 e. The van der Waals surface area contributed by atoms with Crippen LogP contribution >= 0.6 is 0 Å². The summed E-state index contributed by atoms with van der Waals surface area (Å²) in [6, 6.07) is 8.27. The lowest BCUT2D eigenvalue weighted by Crippen LogP contribution is -2.17. The molecular formula is C13H21NO. The van der Waals surface area contributed by atoms with E-state index in [0.29, 0.717) is 6.54 Å². The topological polar surface area (TPSA) is 35.2 Å². The Balaban J connectivity index is 2.61. The number of ether oxygens (including phenoxy) is 1. The molecule has 1 unspecified atom stereocenters. The first-order valence-electron chi connectivity index (χ1n) is 5.66. The fourth-order valence-corrected chi connectivity index (χ4v) is 1.60. The van der Waals surface area contributed by atoms with Gasteiger partial charge >= 0.3 is 0 Å². The van der Waals surface area contributed by atoms with Gasteiger partial charge in [-0.15, -0.1) is 0 Å². The highest BCUT2D eigenvalue weighted by molar-refractivity contribution is 5.27. The van der Waals surface area contributed by atoms with Gasteiger partial charge in [-0.3, -0.25) is 0 Å². The molecule has 15 heavy (non-hydrogen) atoms. The van der Waals surface area contributed by atoms with Crippen molar-refractivity contribution in [3.05, 3.63) is 35.4 Å². The fraction of sp³-hybridized carbons (Fsp3) is 0.538. The van der Waals surface area contributed by atoms with Crippen LogP contribution in [0.2, 0.25) is 0 Å².